The summed E-state index contributed by atoms with van der Waals surface area (Å²) in [5.41, 5.74) is 1.39. The smallest absolute Gasteiger partial charge is 0.221 e. The Morgan fingerprint density at radius 2 is 1.70 bits per heavy atom. The number of nitrogens with one attached hydrogen (secondary N) is 2. The summed E-state index contributed by atoms with van der Waals surface area (Å²) in [5.74, 6) is 0.192. The standard InChI is InChI=1S/C19H30N4O.3ClH/c24-19(15-18-7-4-8-20-18)21-9-10-22-11-13-23(14-12-22)16-17-5-2-1-3-6-17;;;/h1-3,5-6,18,20H,4,7-16H2,(H,21,24);3*1H. The monoisotopic (exact) mass is 438 g/mol. The molecular weight excluding hydrogens is 407 g/mol. The van der Waals surface area contributed by atoms with E-state index < -0.39 is 0 Å². The van der Waals surface area contributed by atoms with E-state index in [0.29, 0.717) is 12.5 Å². The van der Waals surface area contributed by atoms with E-state index in [2.05, 4.69) is 50.8 Å². The van der Waals surface area contributed by atoms with Crippen molar-refractivity contribution in [3.63, 3.8) is 0 Å². The molecule has 0 bridgehead atoms. The minimum Gasteiger partial charge on any atom is -0.355 e. The molecule has 0 aliphatic carbocycles. The maximum absolute atomic E-state index is 11.9. The third-order valence-electron chi connectivity index (χ3n) is 5.06. The van der Waals surface area contributed by atoms with Crippen LogP contribution in [-0.2, 0) is 11.3 Å². The van der Waals surface area contributed by atoms with Crippen molar-refractivity contribution >= 4 is 43.1 Å². The first-order valence-electron chi connectivity index (χ1n) is 9.28. The summed E-state index contributed by atoms with van der Waals surface area (Å²) in [6, 6.07) is 11.1. The number of carbonyl (C=O) groups excluding carboxylic acids is 1. The molecule has 1 aromatic rings. The molecule has 2 aliphatic rings. The van der Waals surface area contributed by atoms with E-state index >= 15 is 0 Å². The van der Waals surface area contributed by atoms with Crippen molar-refractivity contribution in [2.24, 2.45) is 0 Å². The van der Waals surface area contributed by atoms with E-state index in [1.54, 1.807) is 0 Å². The Morgan fingerprint density at radius 3 is 2.33 bits per heavy atom. The van der Waals surface area contributed by atoms with E-state index in [1.807, 2.05) is 0 Å². The van der Waals surface area contributed by atoms with Crippen LogP contribution in [0.2, 0.25) is 0 Å². The maximum atomic E-state index is 11.9. The van der Waals surface area contributed by atoms with E-state index in [-0.39, 0.29) is 43.1 Å². The summed E-state index contributed by atoms with van der Waals surface area (Å²) >= 11 is 0. The largest absolute Gasteiger partial charge is 0.355 e. The molecule has 1 amide bonds. The second-order valence-electron chi connectivity index (χ2n) is 6.95. The van der Waals surface area contributed by atoms with Gasteiger partial charge in [0.15, 0.2) is 0 Å². The fraction of sp³-hybridized carbons (Fsp3) is 0.632. The number of benzene rings is 1. The molecule has 2 aliphatic heterocycles. The SMILES string of the molecule is Cl.Cl.Cl.O=C(CC1CCCN1)NCCN1CCN(Cc2ccccc2)CC1. The first kappa shape index (κ1) is 26.4. The Kier molecular flexibility index (Phi) is 14.1. The Morgan fingerprint density at radius 1 is 1.04 bits per heavy atom. The highest BCUT2D eigenvalue weighted by Gasteiger charge is 2.19. The number of piperazine rings is 1. The molecule has 0 radical (unpaired) electrons. The molecule has 2 N–H and O–H groups in total. The number of hydrogen-bond donors (Lipinski definition) is 2. The number of carbonyl (C=O) groups is 1. The summed E-state index contributed by atoms with van der Waals surface area (Å²) in [6.45, 7) is 8.22. The summed E-state index contributed by atoms with van der Waals surface area (Å²) < 4.78 is 0. The van der Waals surface area contributed by atoms with Gasteiger partial charge >= 0.3 is 0 Å². The Bertz CT molecular complexity index is 507. The number of rotatable bonds is 7. The molecule has 3 rings (SSSR count). The van der Waals surface area contributed by atoms with Gasteiger partial charge in [-0.2, -0.15) is 0 Å². The van der Waals surface area contributed by atoms with Crippen molar-refractivity contribution in [1.82, 2.24) is 20.4 Å². The van der Waals surface area contributed by atoms with Crippen LogP contribution in [0, 0.1) is 0 Å². The van der Waals surface area contributed by atoms with Gasteiger partial charge in [0, 0.05) is 58.3 Å². The quantitative estimate of drug-likeness (QED) is 0.684. The van der Waals surface area contributed by atoms with Gasteiger partial charge in [-0.3, -0.25) is 14.6 Å². The number of amides is 1. The molecule has 8 heteroatoms. The van der Waals surface area contributed by atoms with Crippen molar-refractivity contribution in [2.45, 2.75) is 31.8 Å². The lowest BCUT2D eigenvalue weighted by Gasteiger charge is -2.34. The van der Waals surface area contributed by atoms with Gasteiger partial charge in [-0.1, -0.05) is 30.3 Å². The molecule has 1 aromatic carbocycles. The fourth-order valence-electron chi connectivity index (χ4n) is 3.59. The number of halogens is 3. The van der Waals surface area contributed by atoms with Gasteiger partial charge in [0.2, 0.25) is 5.91 Å². The van der Waals surface area contributed by atoms with Gasteiger partial charge in [0.1, 0.15) is 0 Å². The van der Waals surface area contributed by atoms with Crippen LogP contribution >= 0.6 is 37.2 Å². The van der Waals surface area contributed by atoms with Gasteiger partial charge in [0.25, 0.3) is 0 Å². The van der Waals surface area contributed by atoms with E-state index in [0.717, 1.165) is 58.8 Å². The molecule has 1 unspecified atom stereocenters. The second-order valence-corrected chi connectivity index (χ2v) is 6.95. The third kappa shape index (κ3) is 9.46. The molecule has 5 nitrogen and oxygen atoms in total. The zero-order chi connectivity index (χ0) is 16.6. The van der Waals surface area contributed by atoms with Gasteiger partial charge < -0.3 is 10.6 Å². The first-order chi connectivity index (χ1) is 11.8. The average Bonchev–Trinajstić information content (AvgIpc) is 3.10. The van der Waals surface area contributed by atoms with Crippen LogP contribution in [-0.4, -0.2) is 67.6 Å². The van der Waals surface area contributed by atoms with Crippen LogP contribution in [0.5, 0.6) is 0 Å². The first-order valence-corrected chi connectivity index (χ1v) is 9.28. The van der Waals surface area contributed by atoms with Crippen LogP contribution in [0.1, 0.15) is 24.8 Å². The summed E-state index contributed by atoms with van der Waals surface area (Å²) in [5, 5.41) is 6.45. The number of hydrogen-bond acceptors (Lipinski definition) is 4. The zero-order valence-electron chi connectivity index (χ0n) is 15.8. The van der Waals surface area contributed by atoms with Crippen LogP contribution < -0.4 is 10.6 Å². The molecule has 0 spiro atoms. The predicted molar refractivity (Wildman–Crippen MR) is 119 cm³/mol. The van der Waals surface area contributed by atoms with Crippen molar-refractivity contribution in [2.75, 3.05) is 45.8 Å². The fourth-order valence-corrected chi connectivity index (χ4v) is 3.59. The molecule has 27 heavy (non-hydrogen) atoms. The highest BCUT2D eigenvalue weighted by atomic mass is 35.5. The summed E-state index contributed by atoms with van der Waals surface area (Å²) in [4.78, 5) is 16.9. The van der Waals surface area contributed by atoms with Crippen LogP contribution in [0.4, 0.5) is 0 Å². The normalized spacial score (nSPS) is 20.1. The molecule has 156 valence electrons. The minimum absolute atomic E-state index is 0. The Balaban J connectivity index is 0.00000225. The van der Waals surface area contributed by atoms with Crippen molar-refractivity contribution in [3.8, 4) is 0 Å². The van der Waals surface area contributed by atoms with Crippen molar-refractivity contribution in [3.05, 3.63) is 35.9 Å². The van der Waals surface area contributed by atoms with Crippen molar-refractivity contribution < 1.29 is 4.79 Å². The minimum atomic E-state index is 0. The van der Waals surface area contributed by atoms with E-state index in [9.17, 15) is 4.79 Å². The third-order valence-corrected chi connectivity index (χ3v) is 5.06. The predicted octanol–water partition coefficient (Wildman–Crippen LogP) is 2.33. The molecule has 1 atom stereocenters. The molecule has 0 aromatic heterocycles. The lowest BCUT2D eigenvalue weighted by atomic mass is 10.1. The van der Waals surface area contributed by atoms with E-state index in [1.165, 1.54) is 12.0 Å². The maximum Gasteiger partial charge on any atom is 0.221 e. The van der Waals surface area contributed by atoms with E-state index in [4.69, 9.17) is 0 Å². The molecular formula is C19H33Cl3N4O. The summed E-state index contributed by atoms with van der Waals surface area (Å²) in [7, 11) is 0. The van der Waals surface area contributed by atoms with Crippen LogP contribution in [0.25, 0.3) is 0 Å². The second kappa shape index (κ2) is 14.4. The summed E-state index contributed by atoms with van der Waals surface area (Å²) in [6.07, 6.45) is 2.97. The number of nitrogens with zero attached hydrogens (tertiary/aromatic N) is 2. The van der Waals surface area contributed by atoms with Crippen molar-refractivity contribution in [1.29, 1.82) is 0 Å². The highest BCUT2D eigenvalue weighted by Crippen LogP contribution is 2.09. The molecule has 0 saturated carbocycles. The lowest BCUT2D eigenvalue weighted by Crippen LogP contribution is -2.48. The average molecular weight is 440 g/mol. The van der Waals surface area contributed by atoms with Crippen LogP contribution in [0.15, 0.2) is 30.3 Å². The zero-order valence-corrected chi connectivity index (χ0v) is 18.2. The van der Waals surface area contributed by atoms with Gasteiger partial charge in [0.05, 0.1) is 0 Å². The Labute approximate surface area is 181 Å². The van der Waals surface area contributed by atoms with Gasteiger partial charge in [-0.25, -0.2) is 0 Å². The van der Waals surface area contributed by atoms with Crippen LogP contribution in [0.3, 0.4) is 0 Å². The molecule has 2 heterocycles. The van der Waals surface area contributed by atoms with Gasteiger partial charge in [-0.15, -0.1) is 37.2 Å². The lowest BCUT2D eigenvalue weighted by molar-refractivity contribution is -0.121. The Hall–Kier alpha value is -0.560. The highest BCUT2D eigenvalue weighted by molar-refractivity contribution is 5.86. The molecule has 2 fully saturated rings. The molecule has 2 saturated heterocycles. The topological polar surface area (TPSA) is 47.6 Å². The van der Waals surface area contributed by atoms with Gasteiger partial charge in [-0.05, 0) is 24.9 Å².